The number of carbonyl (C=O) groups is 1. The highest BCUT2D eigenvalue weighted by Gasteiger charge is 2.24. The molecule has 0 aromatic carbocycles. The van der Waals surface area contributed by atoms with Gasteiger partial charge in [0.05, 0.1) is 6.04 Å². The summed E-state index contributed by atoms with van der Waals surface area (Å²) in [6, 6.07) is 3.50. The minimum absolute atomic E-state index is 0.155. The number of nitriles is 1. The van der Waals surface area contributed by atoms with Crippen molar-refractivity contribution in [2.24, 2.45) is 0 Å². The fourth-order valence-electron chi connectivity index (χ4n) is 2.09. The number of nitrogens with zero attached hydrogens (tertiary/aromatic N) is 4. The van der Waals surface area contributed by atoms with Gasteiger partial charge < -0.3 is 9.69 Å². The molecule has 1 saturated heterocycles. The number of aromatic nitrogens is 2. The van der Waals surface area contributed by atoms with Crippen molar-refractivity contribution in [3.63, 3.8) is 0 Å². The van der Waals surface area contributed by atoms with Gasteiger partial charge in [0.1, 0.15) is 18.0 Å². The van der Waals surface area contributed by atoms with E-state index < -0.39 is 0 Å². The minimum atomic E-state index is -0.155. The maximum absolute atomic E-state index is 11.0. The second-order valence-corrected chi connectivity index (χ2v) is 4.20. The summed E-state index contributed by atoms with van der Waals surface area (Å²) in [6.07, 6.45) is 3.86. The van der Waals surface area contributed by atoms with E-state index in [9.17, 15) is 4.79 Å². The molecule has 1 aromatic rings. The Morgan fingerprint density at radius 3 is 3.06 bits per heavy atom. The van der Waals surface area contributed by atoms with Crippen molar-refractivity contribution < 1.29 is 4.79 Å². The van der Waals surface area contributed by atoms with Gasteiger partial charge in [-0.15, -0.1) is 0 Å². The molecule has 0 saturated carbocycles. The molecular formula is C12H14N4O. The highest BCUT2D eigenvalue weighted by molar-refractivity contribution is 5.64. The summed E-state index contributed by atoms with van der Waals surface area (Å²) in [5.41, 5.74) is 1.10. The Morgan fingerprint density at radius 1 is 1.53 bits per heavy atom. The van der Waals surface area contributed by atoms with Crippen LogP contribution < -0.4 is 4.90 Å². The van der Waals surface area contributed by atoms with Crippen LogP contribution in [-0.4, -0.2) is 28.8 Å². The van der Waals surface area contributed by atoms with E-state index in [1.54, 1.807) is 6.07 Å². The zero-order valence-electron chi connectivity index (χ0n) is 9.76. The first-order chi connectivity index (χ1) is 8.24. The van der Waals surface area contributed by atoms with E-state index in [0.717, 1.165) is 37.8 Å². The van der Waals surface area contributed by atoms with Gasteiger partial charge in [-0.1, -0.05) is 0 Å². The third-order valence-electron chi connectivity index (χ3n) is 2.92. The number of hydrogen-bond acceptors (Lipinski definition) is 5. The van der Waals surface area contributed by atoms with Crippen LogP contribution in [0.2, 0.25) is 0 Å². The lowest BCUT2D eigenvalue weighted by molar-refractivity contribution is -0.109. The molecule has 0 spiro atoms. The highest BCUT2D eigenvalue weighted by Crippen LogP contribution is 2.21. The van der Waals surface area contributed by atoms with Crippen LogP contribution >= 0.6 is 0 Å². The van der Waals surface area contributed by atoms with Crippen molar-refractivity contribution in [1.82, 2.24) is 9.97 Å². The van der Waals surface area contributed by atoms with Crippen LogP contribution in [0.3, 0.4) is 0 Å². The predicted octanol–water partition coefficient (Wildman–Crippen LogP) is 1.21. The molecule has 5 heteroatoms. The van der Waals surface area contributed by atoms with E-state index in [1.807, 2.05) is 17.9 Å². The van der Waals surface area contributed by atoms with Crippen molar-refractivity contribution in [1.29, 1.82) is 5.26 Å². The van der Waals surface area contributed by atoms with Crippen LogP contribution in [0.5, 0.6) is 0 Å². The van der Waals surface area contributed by atoms with E-state index in [2.05, 4.69) is 9.97 Å². The van der Waals surface area contributed by atoms with Crippen LogP contribution in [0.15, 0.2) is 6.07 Å². The molecule has 0 bridgehead atoms. The van der Waals surface area contributed by atoms with Crippen LogP contribution in [0, 0.1) is 18.3 Å². The summed E-state index contributed by atoms with van der Waals surface area (Å²) in [6.45, 7) is 2.60. The molecule has 1 aliphatic heterocycles. The fraction of sp³-hybridized carbons (Fsp3) is 0.500. The minimum Gasteiger partial charge on any atom is -0.331 e. The summed E-state index contributed by atoms with van der Waals surface area (Å²) < 4.78 is 0. The number of aldehydes is 1. The van der Waals surface area contributed by atoms with E-state index in [4.69, 9.17) is 5.26 Å². The predicted molar refractivity (Wildman–Crippen MR) is 62.5 cm³/mol. The second kappa shape index (κ2) is 4.91. The second-order valence-electron chi connectivity index (χ2n) is 4.20. The smallest absolute Gasteiger partial charge is 0.227 e. The Balaban J connectivity index is 2.34. The molecule has 17 heavy (non-hydrogen) atoms. The molecular weight excluding hydrogens is 216 g/mol. The molecule has 2 heterocycles. The average molecular weight is 230 g/mol. The van der Waals surface area contributed by atoms with Gasteiger partial charge in [-0.25, -0.2) is 9.97 Å². The number of anilines is 1. The normalized spacial score (nSPS) is 19.8. The van der Waals surface area contributed by atoms with Gasteiger partial charge in [-0.05, 0) is 32.3 Å². The van der Waals surface area contributed by atoms with Crippen molar-refractivity contribution in [2.45, 2.75) is 32.2 Å². The van der Waals surface area contributed by atoms with Crippen LogP contribution in [0.1, 0.15) is 30.7 Å². The highest BCUT2D eigenvalue weighted by atomic mass is 16.1. The van der Waals surface area contributed by atoms with Gasteiger partial charge in [0.15, 0.2) is 0 Å². The lowest BCUT2D eigenvalue weighted by Gasteiger charge is -2.32. The largest absolute Gasteiger partial charge is 0.331 e. The van der Waals surface area contributed by atoms with Gasteiger partial charge in [0.25, 0.3) is 0 Å². The summed E-state index contributed by atoms with van der Waals surface area (Å²) in [5.74, 6) is 0.498. The SMILES string of the molecule is Cc1cc(C#N)nc(N2CCCCC2C=O)n1. The topological polar surface area (TPSA) is 69.9 Å². The van der Waals surface area contributed by atoms with Crippen molar-refractivity contribution in [3.05, 3.63) is 17.5 Å². The summed E-state index contributed by atoms with van der Waals surface area (Å²) >= 11 is 0. The van der Waals surface area contributed by atoms with Gasteiger partial charge in [0.2, 0.25) is 5.95 Å². The van der Waals surface area contributed by atoms with Crippen LogP contribution in [0.25, 0.3) is 0 Å². The molecule has 1 fully saturated rings. The summed E-state index contributed by atoms with van der Waals surface area (Å²) in [5, 5.41) is 8.88. The molecule has 0 N–H and O–H groups in total. The maximum atomic E-state index is 11.0. The average Bonchev–Trinajstić information content (AvgIpc) is 2.37. The molecule has 0 radical (unpaired) electrons. The molecule has 1 atom stereocenters. The third kappa shape index (κ3) is 2.41. The number of rotatable bonds is 2. The van der Waals surface area contributed by atoms with Gasteiger partial charge in [0, 0.05) is 12.2 Å². The Labute approximate surface area is 100 Å². The van der Waals surface area contributed by atoms with Crippen LogP contribution in [-0.2, 0) is 4.79 Å². The van der Waals surface area contributed by atoms with Crippen molar-refractivity contribution in [3.8, 4) is 6.07 Å². The standard InChI is InChI=1S/C12H14N4O/c1-9-6-10(7-13)15-12(14-9)16-5-3-2-4-11(16)8-17/h6,8,11H,2-5H2,1H3. The zero-order valence-corrected chi connectivity index (χ0v) is 9.76. The Kier molecular flexibility index (Phi) is 3.33. The summed E-state index contributed by atoms with van der Waals surface area (Å²) in [7, 11) is 0. The Morgan fingerprint density at radius 2 is 2.35 bits per heavy atom. The van der Waals surface area contributed by atoms with Gasteiger partial charge in [-0.2, -0.15) is 5.26 Å². The van der Waals surface area contributed by atoms with E-state index >= 15 is 0 Å². The molecule has 1 aliphatic rings. The Bertz CT molecular complexity index is 466. The number of hydrogen-bond donors (Lipinski definition) is 0. The van der Waals surface area contributed by atoms with E-state index in [1.165, 1.54) is 0 Å². The number of piperidine rings is 1. The van der Waals surface area contributed by atoms with Crippen molar-refractivity contribution in [2.75, 3.05) is 11.4 Å². The lowest BCUT2D eigenvalue weighted by Crippen LogP contribution is -2.41. The number of aryl methyl sites for hydroxylation is 1. The van der Waals surface area contributed by atoms with Crippen LogP contribution in [0.4, 0.5) is 5.95 Å². The lowest BCUT2D eigenvalue weighted by atomic mass is 10.0. The van der Waals surface area contributed by atoms with Crippen molar-refractivity contribution >= 4 is 12.2 Å². The molecule has 1 unspecified atom stereocenters. The molecule has 0 amide bonds. The fourth-order valence-corrected chi connectivity index (χ4v) is 2.09. The molecule has 1 aromatic heterocycles. The quantitative estimate of drug-likeness (QED) is 0.714. The van der Waals surface area contributed by atoms with Gasteiger partial charge in [-0.3, -0.25) is 0 Å². The van der Waals surface area contributed by atoms with E-state index in [-0.39, 0.29) is 6.04 Å². The number of carbonyl (C=O) groups excluding carboxylic acids is 1. The maximum Gasteiger partial charge on any atom is 0.227 e. The zero-order chi connectivity index (χ0) is 12.3. The first kappa shape index (κ1) is 11.5. The molecule has 2 rings (SSSR count). The third-order valence-corrected chi connectivity index (χ3v) is 2.92. The molecule has 0 aliphatic carbocycles. The molecule has 88 valence electrons. The first-order valence-electron chi connectivity index (χ1n) is 5.72. The monoisotopic (exact) mass is 230 g/mol. The molecule has 5 nitrogen and oxygen atoms in total. The van der Waals surface area contributed by atoms with Gasteiger partial charge >= 0.3 is 0 Å². The first-order valence-corrected chi connectivity index (χ1v) is 5.72. The Hall–Kier alpha value is -1.96. The summed E-state index contributed by atoms with van der Waals surface area (Å²) in [4.78, 5) is 21.4. The van der Waals surface area contributed by atoms with E-state index in [0.29, 0.717) is 11.6 Å².